The van der Waals surface area contributed by atoms with Crippen molar-refractivity contribution in [3.05, 3.63) is 58.8 Å². The maximum absolute atomic E-state index is 13.3. The Morgan fingerprint density at radius 3 is 2.31 bits per heavy atom. The molecule has 1 aromatic carbocycles. The predicted molar refractivity (Wildman–Crippen MR) is 122 cm³/mol. The first-order chi connectivity index (χ1) is 15.0. The van der Waals surface area contributed by atoms with Crippen molar-refractivity contribution in [3.8, 4) is 0 Å². The molecule has 4 amide bonds. The first-order valence-electron chi connectivity index (χ1n) is 10.8. The van der Waals surface area contributed by atoms with Gasteiger partial charge in [-0.1, -0.05) is 18.2 Å². The number of nitrogens with one attached hydrogen (secondary N) is 2. The largest absolute Gasteiger partial charge is 0.352 e. The molecule has 0 spiro atoms. The van der Waals surface area contributed by atoms with Crippen LogP contribution in [0.2, 0.25) is 0 Å². The third kappa shape index (κ3) is 3.70. The van der Waals surface area contributed by atoms with Crippen molar-refractivity contribution < 1.29 is 14.4 Å². The molecule has 2 aromatic rings. The molecule has 0 aliphatic carbocycles. The fraction of sp³-hybridized carbons (Fsp3) is 0.417. The molecule has 0 unspecified atom stereocenters. The van der Waals surface area contributed by atoms with Crippen LogP contribution in [0.1, 0.15) is 47.8 Å². The summed E-state index contributed by atoms with van der Waals surface area (Å²) in [5.41, 5.74) is 1.91. The number of hydrogen-bond donors (Lipinski definition) is 2. The monoisotopic (exact) mass is 435 g/mol. The number of amides is 4. The van der Waals surface area contributed by atoms with Crippen LogP contribution in [0.25, 0.3) is 0 Å². The highest BCUT2D eigenvalue weighted by Gasteiger charge is 2.43. The van der Waals surface area contributed by atoms with Crippen molar-refractivity contribution in [2.24, 2.45) is 0 Å². The van der Waals surface area contributed by atoms with Gasteiger partial charge in [0.05, 0.1) is 5.54 Å². The molecule has 2 fully saturated rings. The number of rotatable bonds is 3. The van der Waals surface area contributed by atoms with Crippen molar-refractivity contribution in [2.75, 3.05) is 24.5 Å². The third-order valence-corrected chi connectivity index (χ3v) is 6.39. The summed E-state index contributed by atoms with van der Waals surface area (Å²) >= 11 is 0. The summed E-state index contributed by atoms with van der Waals surface area (Å²) in [6, 6.07) is 8.49. The van der Waals surface area contributed by atoms with Crippen LogP contribution in [-0.2, 0) is 10.3 Å². The fourth-order valence-electron chi connectivity index (χ4n) is 4.60. The number of carbonyl (C=O) groups is 3. The Morgan fingerprint density at radius 2 is 1.75 bits per heavy atom. The first kappa shape index (κ1) is 21.8. The van der Waals surface area contributed by atoms with Gasteiger partial charge < -0.3 is 15.1 Å². The summed E-state index contributed by atoms with van der Waals surface area (Å²) in [5, 5.41) is 4.90. The van der Waals surface area contributed by atoms with E-state index >= 15 is 0 Å². The normalized spacial score (nSPS) is 22.5. The highest BCUT2D eigenvalue weighted by molar-refractivity contribution is 6.07. The van der Waals surface area contributed by atoms with Gasteiger partial charge in [0.15, 0.2) is 0 Å². The Morgan fingerprint density at radius 1 is 1.06 bits per heavy atom. The van der Waals surface area contributed by atoms with E-state index in [4.69, 9.17) is 0 Å². The van der Waals surface area contributed by atoms with E-state index in [1.807, 2.05) is 18.0 Å². The van der Waals surface area contributed by atoms with Crippen LogP contribution in [0.4, 0.5) is 10.6 Å². The molecule has 1 atom stereocenters. The van der Waals surface area contributed by atoms with Crippen LogP contribution >= 0.6 is 0 Å². The molecule has 2 N–H and O–H groups in total. The summed E-state index contributed by atoms with van der Waals surface area (Å²) in [6.07, 6.45) is 1.88. The van der Waals surface area contributed by atoms with Crippen LogP contribution < -0.4 is 15.5 Å². The van der Waals surface area contributed by atoms with Crippen molar-refractivity contribution in [2.45, 2.75) is 45.7 Å². The van der Waals surface area contributed by atoms with Gasteiger partial charge in [-0.25, -0.2) is 9.78 Å². The number of hydrogen-bond acceptors (Lipinski definition) is 5. The Balaban J connectivity index is 1.51. The zero-order valence-corrected chi connectivity index (χ0v) is 19.2. The van der Waals surface area contributed by atoms with E-state index in [2.05, 4.69) is 47.4 Å². The van der Waals surface area contributed by atoms with E-state index in [0.717, 1.165) is 16.9 Å². The number of imide groups is 1. The number of anilines is 1. The van der Waals surface area contributed by atoms with Gasteiger partial charge in [-0.2, -0.15) is 0 Å². The predicted octanol–water partition coefficient (Wildman–Crippen LogP) is 2.49. The zero-order chi connectivity index (χ0) is 23.3. The Labute approximate surface area is 188 Å². The van der Waals surface area contributed by atoms with Crippen LogP contribution in [0.5, 0.6) is 0 Å². The number of nitrogens with zero attached hydrogens (tertiary/aromatic N) is 3. The molecule has 2 aliphatic heterocycles. The van der Waals surface area contributed by atoms with E-state index in [9.17, 15) is 14.4 Å². The molecule has 0 radical (unpaired) electrons. The lowest BCUT2D eigenvalue weighted by Gasteiger charge is -2.47. The van der Waals surface area contributed by atoms with E-state index < -0.39 is 23.0 Å². The molecule has 3 heterocycles. The van der Waals surface area contributed by atoms with Gasteiger partial charge in [-0.15, -0.1) is 0 Å². The first-order valence-corrected chi connectivity index (χ1v) is 10.8. The van der Waals surface area contributed by atoms with Crippen LogP contribution in [0, 0.1) is 13.8 Å². The second-order valence-electron chi connectivity index (χ2n) is 9.45. The fourth-order valence-corrected chi connectivity index (χ4v) is 4.60. The minimum absolute atomic E-state index is 0.0557. The summed E-state index contributed by atoms with van der Waals surface area (Å²) < 4.78 is 0. The molecule has 1 aromatic heterocycles. The average Bonchev–Trinajstić information content (AvgIpc) is 2.99. The highest BCUT2D eigenvalue weighted by Crippen LogP contribution is 2.29. The van der Waals surface area contributed by atoms with Gasteiger partial charge in [-0.05, 0) is 63.4 Å². The minimum atomic E-state index is -1.14. The van der Waals surface area contributed by atoms with E-state index in [-0.39, 0.29) is 5.91 Å². The van der Waals surface area contributed by atoms with Crippen LogP contribution in [0.3, 0.4) is 0 Å². The molecule has 4 rings (SSSR count). The average molecular weight is 436 g/mol. The smallest absolute Gasteiger partial charge is 0.322 e. The number of carbonyl (C=O) groups excluding carboxylic acids is 3. The highest BCUT2D eigenvalue weighted by atomic mass is 16.2. The minimum Gasteiger partial charge on any atom is -0.352 e. The van der Waals surface area contributed by atoms with E-state index in [1.54, 1.807) is 31.2 Å². The molecule has 8 nitrogen and oxygen atoms in total. The molecule has 2 aliphatic rings. The molecule has 0 saturated carbocycles. The van der Waals surface area contributed by atoms with Gasteiger partial charge in [0.25, 0.3) is 11.8 Å². The Bertz CT molecular complexity index is 1100. The second kappa shape index (κ2) is 7.62. The topological polar surface area (TPSA) is 94.6 Å². The summed E-state index contributed by atoms with van der Waals surface area (Å²) in [4.78, 5) is 45.8. The SMILES string of the molecule is Cc1cnc(N2CCN(C(=O)c3ccc([C@@]4(C)NC(=O)NC4=O)cc3)C(C)(C)C2)c(C)c1. The number of aryl methyl sites for hydroxylation is 2. The quantitative estimate of drug-likeness (QED) is 0.723. The zero-order valence-electron chi connectivity index (χ0n) is 19.2. The molecule has 32 heavy (non-hydrogen) atoms. The number of pyridine rings is 1. The van der Waals surface area contributed by atoms with Crippen molar-refractivity contribution in [3.63, 3.8) is 0 Å². The maximum atomic E-state index is 13.3. The Kier molecular flexibility index (Phi) is 5.19. The standard InChI is InChI=1S/C24H29N5O3/c1-15-12-16(2)19(25-13-15)28-10-11-29(23(3,4)14-28)20(30)17-6-8-18(9-7-17)24(5)21(31)26-22(32)27-24/h6-9,12-13H,10-11,14H2,1-5H3,(H2,26,27,31,32)/t24-/m1/s1. The van der Waals surface area contributed by atoms with Crippen LogP contribution in [0.15, 0.2) is 36.5 Å². The Hall–Kier alpha value is -3.42. The second-order valence-corrected chi connectivity index (χ2v) is 9.45. The van der Waals surface area contributed by atoms with Crippen LogP contribution in [-0.4, -0.2) is 52.9 Å². The van der Waals surface area contributed by atoms with Gasteiger partial charge in [0.2, 0.25) is 0 Å². The van der Waals surface area contributed by atoms with Gasteiger partial charge in [-0.3, -0.25) is 14.9 Å². The number of piperazine rings is 1. The lowest BCUT2D eigenvalue weighted by atomic mass is 9.91. The number of aromatic nitrogens is 1. The van der Waals surface area contributed by atoms with Gasteiger partial charge in [0, 0.05) is 31.4 Å². The van der Waals surface area contributed by atoms with Crippen molar-refractivity contribution in [1.29, 1.82) is 0 Å². The van der Waals surface area contributed by atoms with Crippen molar-refractivity contribution >= 4 is 23.7 Å². The number of benzene rings is 1. The van der Waals surface area contributed by atoms with Gasteiger partial charge >= 0.3 is 6.03 Å². The summed E-state index contributed by atoms with van der Waals surface area (Å²) in [5.74, 6) is 0.504. The third-order valence-electron chi connectivity index (χ3n) is 6.39. The molecule has 0 bridgehead atoms. The van der Waals surface area contributed by atoms with Gasteiger partial charge in [0.1, 0.15) is 11.4 Å². The molecular weight excluding hydrogens is 406 g/mol. The molecular formula is C24H29N5O3. The number of urea groups is 1. The summed E-state index contributed by atoms with van der Waals surface area (Å²) in [7, 11) is 0. The lowest BCUT2D eigenvalue weighted by Crippen LogP contribution is -2.61. The van der Waals surface area contributed by atoms with Crippen molar-refractivity contribution in [1.82, 2.24) is 20.5 Å². The molecule has 8 heteroatoms. The maximum Gasteiger partial charge on any atom is 0.322 e. The lowest BCUT2D eigenvalue weighted by molar-refractivity contribution is -0.123. The molecule has 2 saturated heterocycles. The summed E-state index contributed by atoms with van der Waals surface area (Å²) in [6.45, 7) is 11.8. The molecule has 168 valence electrons. The van der Waals surface area contributed by atoms with E-state index in [0.29, 0.717) is 30.8 Å². The van der Waals surface area contributed by atoms with E-state index in [1.165, 1.54) is 0 Å².